The number of para-hydroxylation sites is 1. The van der Waals surface area contributed by atoms with E-state index >= 15 is 0 Å². The van der Waals surface area contributed by atoms with Crippen LogP contribution in [0.25, 0.3) is 10.9 Å². The number of nitrogens with one attached hydrogen (secondary N) is 2. The summed E-state index contributed by atoms with van der Waals surface area (Å²) >= 11 is 5.75. The van der Waals surface area contributed by atoms with Crippen molar-refractivity contribution in [3.05, 3.63) is 70.9 Å². The minimum absolute atomic E-state index is 0.162. The summed E-state index contributed by atoms with van der Waals surface area (Å²) in [6, 6.07) is 17.2. The van der Waals surface area contributed by atoms with Crippen molar-refractivity contribution in [2.24, 2.45) is 0 Å². The Morgan fingerprint density at radius 2 is 1.92 bits per heavy atom. The summed E-state index contributed by atoms with van der Waals surface area (Å²) in [5.74, 6) is 7.27. The third-order valence-corrected chi connectivity index (χ3v) is 5.06. The maximum Gasteiger partial charge on any atom is 0.0744 e. The predicted molar refractivity (Wildman–Crippen MR) is 105 cm³/mol. The molecule has 2 N–H and O–H groups in total. The minimum Gasteiger partial charge on any atom is -0.357 e. The minimum atomic E-state index is 0.162. The first-order chi connectivity index (χ1) is 12.4. The first-order valence-corrected chi connectivity index (χ1v) is 9.38. The van der Waals surface area contributed by atoms with Crippen LogP contribution in [0.4, 0.5) is 0 Å². The molecule has 3 heteroatoms. The molecule has 0 radical (unpaired) electrons. The highest BCUT2D eigenvalue weighted by Gasteiger charge is 2.26. The van der Waals surface area contributed by atoms with Crippen LogP contribution in [0.5, 0.6) is 0 Å². The lowest BCUT2D eigenvalue weighted by molar-refractivity contribution is 0.559. The van der Waals surface area contributed by atoms with Crippen molar-refractivity contribution in [1.29, 1.82) is 0 Å². The zero-order valence-electron chi connectivity index (χ0n) is 14.1. The fourth-order valence-electron chi connectivity index (χ4n) is 3.62. The van der Waals surface area contributed by atoms with Gasteiger partial charge in [-0.15, -0.1) is 11.6 Å². The Labute approximate surface area is 153 Å². The van der Waals surface area contributed by atoms with Crippen LogP contribution in [-0.2, 0) is 6.42 Å². The molecule has 1 atom stereocenters. The molecule has 2 heterocycles. The highest BCUT2D eigenvalue weighted by molar-refractivity contribution is 6.17. The Bertz CT molecular complexity index is 945. The van der Waals surface area contributed by atoms with Crippen LogP contribution >= 0.6 is 11.6 Å². The molecule has 126 valence electrons. The molecule has 0 spiro atoms. The molecule has 2 aromatic carbocycles. The Morgan fingerprint density at radius 1 is 1.08 bits per heavy atom. The predicted octanol–water partition coefficient (Wildman–Crippen LogP) is 4.77. The van der Waals surface area contributed by atoms with Gasteiger partial charge in [-0.3, -0.25) is 0 Å². The average molecular weight is 349 g/mol. The van der Waals surface area contributed by atoms with E-state index in [4.69, 9.17) is 11.6 Å². The molecule has 0 saturated heterocycles. The molecular formula is C22H21ClN2. The molecule has 1 aromatic heterocycles. The number of aromatic nitrogens is 1. The molecule has 0 bridgehead atoms. The summed E-state index contributed by atoms with van der Waals surface area (Å²) in [6.07, 6.45) is 2.83. The van der Waals surface area contributed by atoms with Gasteiger partial charge in [-0.25, -0.2) is 0 Å². The van der Waals surface area contributed by atoms with Crippen LogP contribution < -0.4 is 5.32 Å². The summed E-state index contributed by atoms with van der Waals surface area (Å²) in [5.41, 5.74) is 6.27. The number of unbranched alkanes of at least 4 members (excludes halogenated alkanes) is 1. The number of aromatic amines is 1. The highest BCUT2D eigenvalue weighted by Crippen LogP contribution is 2.34. The second kappa shape index (κ2) is 7.35. The van der Waals surface area contributed by atoms with Gasteiger partial charge in [-0.1, -0.05) is 48.2 Å². The summed E-state index contributed by atoms with van der Waals surface area (Å²) in [4.78, 5) is 3.64. The van der Waals surface area contributed by atoms with E-state index in [1.54, 1.807) is 0 Å². The number of fused-ring (bicyclic) bond motifs is 3. The Balaban J connectivity index is 1.76. The van der Waals surface area contributed by atoms with Crippen LogP contribution in [0, 0.1) is 11.8 Å². The zero-order chi connectivity index (χ0) is 17.1. The fourth-order valence-corrected chi connectivity index (χ4v) is 3.75. The number of hydrogen-bond acceptors (Lipinski definition) is 1. The molecular weight excluding hydrogens is 328 g/mol. The van der Waals surface area contributed by atoms with E-state index in [9.17, 15) is 0 Å². The van der Waals surface area contributed by atoms with E-state index in [2.05, 4.69) is 70.7 Å². The normalized spacial score (nSPS) is 16.3. The molecule has 1 unspecified atom stereocenters. The van der Waals surface area contributed by atoms with Gasteiger partial charge in [0.05, 0.1) is 6.04 Å². The smallest absolute Gasteiger partial charge is 0.0744 e. The summed E-state index contributed by atoms with van der Waals surface area (Å²) in [6.45, 7) is 0.980. The first-order valence-electron chi connectivity index (χ1n) is 8.85. The van der Waals surface area contributed by atoms with Gasteiger partial charge in [-0.2, -0.15) is 0 Å². The summed E-state index contributed by atoms with van der Waals surface area (Å²) in [7, 11) is 0. The van der Waals surface area contributed by atoms with Crippen molar-refractivity contribution in [2.75, 3.05) is 12.4 Å². The first kappa shape index (κ1) is 16.3. The lowest BCUT2D eigenvalue weighted by Crippen LogP contribution is -2.30. The number of alkyl halides is 1. The Morgan fingerprint density at radius 3 is 2.84 bits per heavy atom. The Hall–Kier alpha value is -2.21. The SMILES string of the molecule is ClCCCC#Cc1ccccc1C1NCCc2c1[nH]c1ccccc21. The van der Waals surface area contributed by atoms with E-state index in [-0.39, 0.29) is 6.04 Å². The van der Waals surface area contributed by atoms with Gasteiger partial charge in [0.1, 0.15) is 0 Å². The lowest BCUT2D eigenvalue weighted by atomic mass is 9.91. The molecule has 1 aliphatic heterocycles. The van der Waals surface area contributed by atoms with E-state index in [0.717, 1.165) is 31.4 Å². The molecule has 0 aliphatic carbocycles. The maximum absolute atomic E-state index is 5.75. The van der Waals surface area contributed by atoms with E-state index in [1.165, 1.54) is 27.7 Å². The second-order valence-corrected chi connectivity index (χ2v) is 6.76. The van der Waals surface area contributed by atoms with Crippen molar-refractivity contribution >= 4 is 22.5 Å². The third kappa shape index (κ3) is 3.18. The molecule has 1 aliphatic rings. The summed E-state index contributed by atoms with van der Waals surface area (Å²) < 4.78 is 0. The van der Waals surface area contributed by atoms with E-state index < -0.39 is 0 Å². The third-order valence-electron chi connectivity index (χ3n) is 4.79. The molecule has 4 rings (SSSR count). The van der Waals surface area contributed by atoms with Gasteiger partial charge in [0, 0.05) is 41.0 Å². The molecule has 0 saturated carbocycles. The van der Waals surface area contributed by atoms with Gasteiger partial charge < -0.3 is 10.3 Å². The lowest BCUT2D eigenvalue weighted by Gasteiger charge is -2.25. The zero-order valence-corrected chi connectivity index (χ0v) is 14.9. The number of halogens is 1. The number of hydrogen-bond donors (Lipinski definition) is 2. The van der Waals surface area contributed by atoms with Gasteiger partial charge >= 0.3 is 0 Å². The molecule has 25 heavy (non-hydrogen) atoms. The second-order valence-electron chi connectivity index (χ2n) is 6.38. The van der Waals surface area contributed by atoms with Crippen LogP contribution in [0.2, 0.25) is 0 Å². The van der Waals surface area contributed by atoms with Gasteiger partial charge in [-0.05, 0) is 36.1 Å². The number of rotatable bonds is 3. The highest BCUT2D eigenvalue weighted by atomic mass is 35.5. The topological polar surface area (TPSA) is 27.8 Å². The fraction of sp³-hybridized carbons (Fsp3) is 0.273. The molecule has 2 nitrogen and oxygen atoms in total. The van der Waals surface area contributed by atoms with E-state index in [1.807, 2.05) is 0 Å². The maximum atomic E-state index is 5.75. The molecule has 0 fully saturated rings. The van der Waals surface area contributed by atoms with Gasteiger partial charge in [0.25, 0.3) is 0 Å². The standard InChI is InChI=1S/C22H21ClN2/c23-14-7-1-2-8-16-9-3-4-10-17(16)21-22-19(13-15-24-21)18-11-5-6-12-20(18)25-22/h3-6,9-12,21,24-25H,1,7,13-15H2. The quantitative estimate of drug-likeness (QED) is 0.398. The van der Waals surface area contributed by atoms with Crippen LogP contribution in [-0.4, -0.2) is 17.4 Å². The molecule has 0 amide bonds. The largest absolute Gasteiger partial charge is 0.357 e. The van der Waals surface area contributed by atoms with E-state index in [0.29, 0.717) is 5.88 Å². The average Bonchev–Trinajstić information content (AvgIpc) is 3.04. The van der Waals surface area contributed by atoms with Crippen molar-refractivity contribution < 1.29 is 0 Å². The van der Waals surface area contributed by atoms with Crippen LogP contribution in [0.15, 0.2) is 48.5 Å². The number of H-pyrrole nitrogens is 1. The van der Waals surface area contributed by atoms with Crippen molar-refractivity contribution in [3.63, 3.8) is 0 Å². The van der Waals surface area contributed by atoms with Crippen molar-refractivity contribution in [1.82, 2.24) is 10.3 Å². The van der Waals surface area contributed by atoms with Crippen molar-refractivity contribution in [2.45, 2.75) is 25.3 Å². The van der Waals surface area contributed by atoms with Crippen LogP contribution in [0.3, 0.4) is 0 Å². The van der Waals surface area contributed by atoms with Crippen molar-refractivity contribution in [3.8, 4) is 11.8 Å². The molecule has 3 aromatic rings. The Kier molecular flexibility index (Phi) is 4.78. The summed E-state index contributed by atoms with van der Waals surface area (Å²) in [5, 5.41) is 5.02. The monoisotopic (exact) mass is 348 g/mol. The van der Waals surface area contributed by atoms with Crippen LogP contribution in [0.1, 0.15) is 41.3 Å². The number of benzene rings is 2. The van der Waals surface area contributed by atoms with Gasteiger partial charge in [0.2, 0.25) is 0 Å². The van der Waals surface area contributed by atoms with Gasteiger partial charge in [0.15, 0.2) is 0 Å².